The lowest BCUT2D eigenvalue weighted by Crippen LogP contribution is -2.12. The van der Waals surface area contributed by atoms with Crippen LogP contribution >= 0.6 is 0 Å². The number of hydrogen-bond donors (Lipinski definition) is 0. The second-order valence-electron chi connectivity index (χ2n) is 6.10. The van der Waals surface area contributed by atoms with Gasteiger partial charge in [-0.15, -0.1) is 0 Å². The van der Waals surface area contributed by atoms with E-state index in [2.05, 4.69) is 19.6 Å². The first kappa shape index (κ1) is 13.4. The summed E-state index contributed by atoms with van der Waals surface area (Å²) in [6, 6.07) is 6.84. The number of hydrogen-bond acceptors (Lipinski definition) is 0. The Morgan fingerprint density at radius 1 is 1.30 bits per heavy atom. The van der Waals surface area contributed by atoms with Crippen molar-refractivity contribution in [1.29, 1.82) is 0 Å². The summed E-state index contributed by atoms with van der Waals surface area (Å²) in [6.07, 6.45) is 8.96. The topological polar surface area (TPSA) is 0 Å². The highest BCUT2D eigenvalue weighted by atomic mass is 19.1. The van der Waals surface area contributed by atoms with Crippen LogP contribution in [0.4, 0.5) is 4.39 Å². The average Bonchev–Trinajstić information content (AvgIpc) is 2.81. The van der Waals surface area contributed by atoms with Crippen LogP contribution in [0.5, 0.6) is 0 Å². The zero-order valence-electron chi connectivity index (χ0n) is 12.0. The molecular formula is C19H21F. The fraction of sp³-hybridized carbons (Fsp3) is 0.368. The summed E-state index contributed by atoms with van der Waals surface area (Å²) >= 11 is 0. The van der Waals surface area contributed by atoms with E-state index in [1.54, 1.807) is 17.7 Å². The third kappa shape index (κ3) is 2.49. The van der Waals surface area contributed by atoms with Gasteiger partial charge < -0.3 is 0 Å². The molecule has 20 heavy (non-hydrogen) atoms. The lowest BCUT2D eigenvalue weighted by atomic mass is 9.80. The Morgan fingerprint density at radius 3 is 2.75 bits per heavy atom. The summed E-state index contributed by atoms with van der Waals surface area (Å²) in [6.45, 7) is 6.34. The number of rotatable bonds is 3. The monoisotopic (exact) mass is 268 g/mol. The first-order valence-electron chi connectivity index (χ1n) is 7.46. The quantitative estimate of drug-likeness (QED) is 0.704. The largest absolute Gasteiger partial charge is 0.207 e. The molecule has 3 rings (SSSR count). The van der Waals surface area contributed by atoms with Gasteiger partial charge in [0, 0.05) is 0 Å². The highest BCUT2D eigenvalue weighted by molar-refractivity contribution is 5.44. The van der Waals surface area contributed by atoms with Crippen molar-refractivity contribution in [3.05, 3.63) is 71.1 Å². The molecule has 1 aromatic carbocycles. The van der Waals surface area contributed by atoms with Gasteiger partial charge in [-0.25, -0.2) is 4.39 Å². The van der Waals surface area contributed by atoms with Crippen LogP contribution in [0.3, 0.4) is 0 Å². The summed E-state index contributed by atoms with van der Waals surface area (Å²) in [5.74, 6) is 1.35. The summed E-state index contributed by atoms with van der Waals surface area (Å²) < 4.78 is 13.0. The van der Waals surface area contributed by atoms with Crippen molar-refractivity contribution in [3.8, 4) is 0 Å². The third-order valence-electron chi connectivity index (χ3n) is 4.82. The molecule has 0 bridgehead atoms. The van der Waals surface area contributed by atoms with Gasteiger partial charge in [-0.05, 0) is 66.4 Å². The fourth-order valence-electron chi connectivity index (χ4n) is 3.54. The molecule has 1 saturated carbocycles. The summed E-state index contributed by atoms with van der Waals surface area (Å²) in [5, 5.41) is 0. The summed E-state index contributed by atoms with van der Waals surface area (Å²) in [7, 11) is 0. The van der Waals surface area contributed by atoms with Crippen LogP contribution in [0.25, 0.3) is 0 Å². The van der Waals surface area contributed by atoms with Gasteiger partial charge in [0.2, 0.25) is 0 Å². The van der Waals surface area contributed by atoms with Crippen LogP contribution in [0, 0.1) is 17.7 Å². The van der Waals surface area contributed by atoms with Gasteiger partial charge in [-0.3, -0.25) is 0 Å². The lowest BCUT2D eigenvalue weighted by molar-refractivity contribution is 0.453. The van der Waals surface area contributed by atoms with Gasteiger partial charge in [0.05, 0.1) is 0 Å². The molecule has 2 aliphatic carbocycles. The molecule has 0 N–H and O–H groups in total. The maximum Gasteiger partial charge on any atom is 0.123 e. The molecular weight excluding hydrogens is 247 g/mol. The second kappa shape index (κ2) is 5.40. The Kier molecular flexibility index (Phi) is 3.60. The van der Waals surface area contributed by atoms with Crippen LogP contribution in [0.2, 0.25) is 0 Å². The minimum atomic E-state index is -0.168. The zero-order chi connectivity index (χ0) is 14.1. The van der Waals surface area contributed by atoms with Crippen molar-refractivity contribution in [2.24, 2.45) is 11.8 Å². The number of benzene rings is 1. The SMILES string of the molecule is C=CC1=C(Cc2ccc(F)cc2)C=C2CCC(C)C2C1. The van der Waals surface area contributed by atoms with Crippen molar-refractivity contribution in [1.82, 2.24) is 0 Å². The Morgan fingerprint density at radius 2 is 2.05 bits per heavy atom. The molecule has 0 aliphatic heterocycles. The first-order valence-corrected chi connectivity index (χ1v) is 7.46. The van der Waals surface area contributed by atoms with Crippen LogP contribution in [-0.2, 0) is 6.42 Å². The fourth-order valence-corrected chi connectivity index (χ4v) is 3.54. The van der Waals surface area contributed by atoms with E-state index >= 15 is 0 Å². The van der Waals surface area contributed by atoms with Gasteiger partial charge in [0.1, 0.15) is 5.82 Å². The summed E-state index contributed by atoms with van der Waals surface area (Å²) in [4.78, 5) is 0. The second-order valence-corrected chi connectivity index (χ2v) is 6.10. The molecule has 0 spiro atoms. The Bertz CT molecular complexity index is 574. The Labute approximate surface area is 120 Å². The van der Waals surface area contributed by atoms with Crippen LogP contribution in [0.1, 0.15) is 31.7 Å². The third-order valence-corrected chi connectivity index (χ3v) is 4.82. The van der Waals surface area contributed by atoms with Crippen molar-refractivity contribution in [2.75, 3.05) is 0 Å². The smallest absolute Gasteiger partial charge is 0.123 e. The van der Waals surface area contributed by atoms with E-state index in [1.807, 2.05) is 18.2 Å². The Hall–Kier alpha value is -1.63. The molecule has 0 nitrogen and oxygen atoms in total. The predicted molar refractivity (Wildman–Crippen MR) is 81.9 cm³/mol. The van der Waals surface area contributed by atoms with Crippen molar-refractivity contribution in [3.63, 3.8) is 0 Å². The van der Waals surface area contributed by atoms with E-state index in [-0.39, 0.29) is 5.82 Å². The standard InChI is InChI=1S/C19H21F/c1-3-15-12-19-13(2)4-7-16(19)11-17(15)10-14-5-8-18(20)9-6-14/h3,5-6,8-9,11,13,19H,1,4,7,10,12H2,2H3. The normalized spacial score (nSPS) is 25.4. The molecule has 0 amide bonds. The van der Waals surface area contributed by atoms with Gasteiger partial charge in [-0.1, -0.05) is 43.4 Å². The molecule has 2 aliphatic rings. The van der Waals surface area contributed by atoms with Gasteiger partial charge in [0.25, 0.3) is 0 Å². The van der Waals surface area contributed by atoms with Gasteiger partial charge in [0.15, 0.2) is 0 Å². The highest BCUT2D eigenvalue weighted by Gasteiger charge is 2.31. The molecule has 1 fully saturated rings. The maximum atomic E-state index is 13.0. The molecule has 2 atom stereocenters. The number of fused-ring (bicyclic) bond motifs is 1. The van der Waals surface area contributed by atoms with E-state index in [9.17, 15) is 4.39 Å². The van der Waals surface area contributed by atoms with Crippen LogP contribution in [0.15, 0.2) is 59.7 Å². The molecule has 1 aromatic rings. The molecule has 0 aromatic heterocycles. The maximum absolute atomic E-state index is 13.0. The molecule has 104 valence electrons. The van der Waals surface area contributed by atoms with Crippen molar-refractivity contribution >= 4 is 0 Å². The average molecular weight is 268 g/mol. The molecule has 0 radical (unpaired) electrons. The molecule has 0 saturated heterocycles. The molecule has 1 heteroatoms. The number of allylic oxidation sites excluding steroid dienone is 5. The van der Waals surface area contributed by atoms with E-state index in [4.69, 9.17) is 0 Å². The van der Waals surface area contributed by atoms with Crippen LogP contribution < -0.4 is 0 Å². The van der Waals surface area contributed by atoms with E-state index in [1.165, 1.54) is 29.6 Å². The number of halogens is 1. The first-order chi connectivity index (χ1) is 9.67. The van der Waals surface area contributed by atoms with Crippen LogP contribution in [-0.4, -0.2) is 0 Å². The molecule has 2 unspecified atom stereocenters. The van der Waals surface area contributed by atoms with Crippen molar-refractivity contribution < 1.29 is 4.39 Å². The predicted octanol–water partition coefficient (Wildman–Crippen LogP) is 5.23. The Balaban J connectivity index is 1.87. The summed E-state index contributed by atoms with van der Waals surface area (Å²) in [5.41, 5.74) is 5.52. The van der Waals surface area contributed by atoms with Gasteiger partial charge in [-0.2, -0.15) is 0 Å². The van der Waals surface area contributed by atoms with E-state index in [0.29, 0.717) is 0 Å². The zero-order valence-corrected chi connectivity index (χ0v) is 12.0. The lowest BCUT2D eigenvalue weighted by Gasteiger charge is -2.25. The van der Waals surface area contributed by atoms with Crippen molar-refractivity contribution in [2.45, 2.75) is 32.6 Å². The molecule has 0 heterocycles. The highest BCUT2D eigenvalue weighted by Crippen LogP contribution is 2.44. The van der Waals surface area contributed by atoms with E-state index in [0.717, 1.165) is 24.7 Å². The minimum Gasteiger partial charge on any atom is -0.207 e. The van der Waals surface area contributed by atoms with Gasteiger partial charge >= 0.3 is 0 Å². The minimum absolute atomic E-state index is 0.168. The van der Waals surface area contributed by atoms with E-state index < -0.39 is 0 Å².